The first-order chi connectivity index (χ1) is 6.07. The maximum Gasteiger partial charge on any atom is 0.328 e. The van der Waals surface area contributed by atoms with Gasteiger partial charge in [0.2, 0.25) is 0 Å². The van der Waals surface area contributed by atoms with Crippen molar-refractivity contribution in [3.63, 3.8) is 0 Å². The summed E-state index contributed by atoms with van der Waals surface area (Å²) in [6, 6.07) is -0.840. The highest BCUT2D eigenvalue weighted by molar-refractivity contribution is 7.67. The van der Waals surface area contributed by atoms with Crippen molar-refractivity contribution in [3.05, 3.63) is 19.3 Å². The molecule has 0 aliphatic carbocycles. The highest BCUT2D eigenvalue weighted by Gasteiger charge is 2.20. The summed E-state index contributed by atoms with van der Waals surface area (Å²) in [5, 5.41) is 0. The van der Waals surface area contributed by atoms with Crippen molar-refractivity contribution < 1.29 is 9.53 Å². The molecule has 0 aliphatic rings. The van der Waals surface area contributed by atoms with Crippen LogP contribution >= 0.6 is 20.7 Å². The number of methoxy groups -OCH3 is 1. The van der Waals surface area contributed by atoms with Crippen molar-refractivity contribution in [2.75, 3.05) is 7.11 Å². The van der Waals surface area contributed by atoms with Gasteiger partial charge in [-0.25, -0.2) is 9.36 Å². The van der Waals surface area contributed by atoms with Gasteiger partial charge in [0.25, 0.3) is 0 Å². The summed E-state index contributed by atoms with van der Waals surface area (Å²) in [5.74, 6) is -0.593. The molecular weight excluding hydrogens is 214 g/mol. The third-order valence-electron chi connectivity index (χ3n) is 1.51. The Morgan fingerprint density at radius 1 is 1.38 bits per heavy atom. The lowest BCUT2D eigenvalue weighted by Crippen LogP contribution is -2.32. The summed E-state index contributed by atoms with van der Waals surface area (Å²) < 4.78 is 5.31. The number of hydrogen-bond donors (Lipinski definition) is 0. The molecular formula is C6H7NO4S2. The Hall–Kier alpha value is -0.950. The minimum absolute atomic E-state index is 0.423. The van der Waals surface area contributed by atoms with Gasteiger partial charge in [0, 0.05) is 0 Å². The van der Waals surface area contributed by atoms with Crippen LogP contribution in [0.5, 0.6) is 0 Å². The van der Waals surface area contributed by atoms with E-state index in [2.05, 4.69) is 4.74 Å². The van der Waals surface area contributed by atoms with Gasteiger partial charge in [0.15, 0.2) is 0 Å². The Morgan fingerprint density at radius 3 is 2.23 bits per heavy atom. The van der Waals surface area contributed by atoms with Gasteiger partial charge in [-0.05, 0) is 27.6 Å². The highest BCUT2D eigenvalue weighted by Crippen LogP contribution is 2.04. The second-order valence-corrected chi connectivity index (χ2v) is 4.30. The van der Waals surface area contributed by atoms with E-state index in [-0.39, 0.29) is 0 Å². The number of hydrogen-bond acceptors (Lipinski definition) is 6. The molecule has 0 spiro atoms. The van der Waals surface area contributed by atoms with E-state index in [0.717, 1.165) is 25.2 Å². The number of aromatic nitrogens is 1. The van der Waals surface area contributed by atoms with Gasteiger partial charge < -0.3 is 4.74 Å². The summed E-state index contributed by atoms with van der Waals surface area (Å²) in [7, 11) is 2.84. The number of rotatable bonds is 2. The van der Waals surface area contributed by atoms with Crippen LogP contribution in [0.1, 0.15) is 13.0 Å². The molecule has 1 heterocycles. The van der Waals surface area contributed by atoms with Crippen LogP contribution in [0.15, 0.2) is 9.59 Å². The predicted molar refractivity (Wildman–Crippen MR) is 49.5 cm³/mol. The van der Waals surface area contributed by atoms with Crippen molar-refractivity contribution in [1.82, 2.24) is 4.57 Å². The molecule has 1 rings (SSSR count). The zero-order chi connectivity index (χ0) is 10.0. The smallest absolute Gasteiger partial charge is 0.328 e. The van der Waals surface area contributed by atoms with E-state index in [1.54, 1.807) is 0 Å². The first-order valence-corrected chi connectivity index (χ1v) is 5.52. The third-order valence-corrected chi connectivity index (χ3v) is 3.37. The average molecular weight is 221 g/mol. The predicted octanol–water partition coefficient (Wildman–Crippen LogP) is 0.0655. The van der Waals surface area contributed by atoms with Gasteiger partial charge in [-0.1, -0.05) is 0 Å². The fourth-order valence-corrected chi connectivity index (χ4v) is 2.57. The molecule has 0 N–H and O–H groups in total. The van der Waals surface area contributed by atoms with E-state index in [1.165, 1.54) is 14.0 Å². The third kappa shape index (κ3) is 1.86. The van der Waals surface area contributed by atoms with Crippen molar-refractivity contribution in [3.8, 4) is 0 Å². The second-order valence-electron chi connectivity index (χ2n) is 2.27. The van der Waals surface area contributed by atoms with Gasteiger partial charge >= 0.3 is 15.7 Å². The summed E-state index contributed by atoms with van der Waals surface area (Å²) in [6.07, 6.45) is 0. The molecule has 0 unspecified atom stereocenters. The zero-order valence-electron chi connectivity index (χ0n) is 6.97. The SMILES string of the molecule is COC(=O)[C@H](C)n1c(=O)ssc1=O. The number of ether oxygens (including phenoxy) is 1. The van der Waals surface area contributed by atoms with Crippen LogP contribution in [-0.2, 0) is 9.53 Å². The maximum absolute atomic E-state index is 11.1. The van der Waals surface area contributed by atoms with Gasteiger partial charge in [0.1, 0.15) is 6.04 Å². The molecule has 0 aliphatic heterocycles. The summed E-state index contributed by atoms with van der Waals surface area (Å²) in [5.41, 5.74) is 0. The van der Waals surface area contributed by atoms with Crippen molar-refractivity contribution in [2.24, 2.45) is 0 Å². The Morgan fingerprint density at radius 2 is 1.85 bits per heavy atom. The number of carbonyl (C=O) groups is 1. The van der Waals surface area contributed by atoms with Gasteiger partial charge in [-0.2, -0.15) is 0 Å². The zero-order valence-corrected chi connectivity index (χ0v) is 8.61. The topological polar surface area (TPSA) is 65.4 Å². The van der Waals surface area contributed by atoms with Gasteiger partial charge in [0.05, 0.1) is 7.11 Å². The minimum atomic E-state index is -0.840. The molecule has 7 heteroatoms. The standard InChI is InChI=1S/C6H7NO4S2/c1-3(4(8)11-2)7-5(9)12-13-6(7)10/h3H,1-2H3/t3-/m0/s1. The van der Waals surface area contributed by atoms with Gasteiger partial charge in [-0.3, -0.25) is 9.59 Å². The van der Waals surface area contributed by atoms with Crippen LogP contribution in [0.25, 0.3) is 0 Å². The lowest BCUT2D eigenvalue weighted by molar-refractivity contribution is -0.144. The van der Waals surface area contributed by atoms with Gasteiger partial charge in [-0.15, -0.1) is 0 Å². The maximum atomic E-state index is 11.1. The van der Waals surface area contributed by atoms with Crippen LogP contribution in [0.2, 0.25) is 0 Å². The Labute approximate surface area is 80.6 Å². The molecule has 1 aromatic heterocycles. The molecule has 5 nitrogen and oxygen atoms in total. The first kappa shape index (κ1) is 10.1. The van der Waals surface area contributed by atoms with Crippen LogP contribution in [0, 0.1) is 0 Å². The molecule has 0 saturated carbocycles. The van der Waals surface area contributed by atoms with E-state index in [4.69, 9.17) is 0 Å². The fraction of sp³-hybridized carbons (Fsp3) is 0.500. The Kier molecular flexibility index (Phi) is 2.99. The fourth-order valence-electron chi connectivity index (χ4n) is 0.818. The van der Waals surface area contributed by atoms with E-state index >= 15 is 0 Å². The average Bonchev–Trinajstić information content (AvgIpc) is 2.44. The van der Waals surface area contributed by atoms with E-state index in [1.807, 2.05) is 0 Å². The normalized spacial score (nSPS) is 12.5. The van der Waals surface area contributed by atoms with Crippen LogP contribution < -0.4 is 9.75 Å². The molecule has 0 saturated heterocycles. The number of esters is 1. The summed E-state index contributed by atoms with van der Waals surface area (Å²) in [4.78, 5) is 32.3. The molecule has 13 heavy (non-hydrogen) atoms. The quantitative estimate of drug-likeness (QED) is 0.523. The van der Waals surface area contributed by atoms with E-state index < -0.39 is 21.8 Å². The van der Waals surface area contributed by atoms with Crippen molar-refractivity contribution in [2.45, 2.75) is 13.0 Å². The lowest BCUT2D eigenvalue weighted by atomic mass is 10.3. The summed E-state index contributed by atoms with van der Waals surface area (Å²) >= 11 is 0. The van der Waals surface area contributed by atoms with E-state index in [0.29, 0.717) is 0 Å². The number of carbonyl (C=O) groups excluding carboxylic acids is 1. The molecule has 72 valence electrons. The van der Waals surface area contributed by atoms with E-state index in [9.17, 15) is 14.4 Å². The Balaban J connectivity index is 3.15. The van der Waals surface area contributed by atoms with Crippen LogP contribution in [0.3, 0.4) is 0 Å². The first-order valence-electron chi connectivity index (χ1n) is 3.37. The molecule has 0 amide bonds. The monoisotopic (exact) mass is 221 g/mol. The lowest BCUT2D eigenvalue weighted by Gasteiger charge is -2.06. The molecule has 0 radical (unpaired) electrons. The van der Waals surface area contributed by atoms with Crippen LogP contribution in [-0.4, -0.2) is 17.6 Å². The second kappa shape index (κ2) is 3.84. The number of nitrogens with zero attached hydrogens (tertiary/aromatic N) is 1. The van der Waals surface area contributed by atoms with Crippen molar-refractivity contribution >= 4 is 26.7 Å². The van der Waals surface area contributed by atoms with Crippen molar-refractivity contribution in [1.29, 1.82) is 0 Å². The summed E-state index contributed by atoms with van der Waals surface area (Å²) in [6.45, 7) is 1.45. The Bertz CT molecular complexity index is 387. The van der Waals surface area contributed by atoms with Crippen LogP contribution in [0.4, 0.5) is 0 Å². The molecule has 0 fully saturated rings. The largest absolute Gasteiger partial charge is 0.467 e. The minimum Gasteiger partial charge on any atom is -0.467 e. The highest BCUT2D eigenvalue weighted by atomic mass is 32.9. The molecule has 1 atom stereocenters. The molecule has 1 aromatic rings. The molecule has 0 bridgehead atoms. The molecule has 0 aromatic carbocycles.